The van der Waals surface area contributed by atoms with Gasteiger partial charge in [-0.2, -0.15) is 5.26 Å². The van der Waals surface area contributed by atoms with Crippen molar-refractivity contribution in [1.82, 2.24) is 4.98 Å². The predicted octanol–water partition coefficient (Wildman–Crippen LogP) is 3.84. The fraction of sp³-hybridized carbons (Fsp3) is 0.133. The molecule has 0 saturated heterocycles. The molecule has 2 aromatic rings. The summed E-state index contributed by atoms with van der Waals surface area (Å²) in [6.07, 6.45) is 1.70. The first-order chi connectivity index (χ1) is 10.1. The normalized spacial score (nSPS) is 11.5. The van der Waals surface area contributed by atoms with Crippen LogP contribution in [0.25, 0.3) is 0 Å². The van der Waals surface area contributed by atoms with E-state index >= 15 is 0 Å². The van der Waals surface area contributed by atoms with Crippen molar-refractivity contribution in [2.75, 3.05) is 5.32 Å². The molecule has 0 fully saturated rings. The average Bonchev–Trinajstić information content (AvgIpc) is 2.49. The Hall–Kier alpha value is -1.84. The molecule has 1 heterocycles. The number of anilines is 1. The molecule has 0 aliphatic rings. The second kappa shape index (κ2) is 7.25. The van der Waals surface area contributed by atoms with Crippen molar-refractivity contribution < 1.29 is 4.79 Å². The zero-order valence-corrected chi connectivity index (χ0v) is 13.6. The minimum Gasteiger partial charge on any atom is -0.325 e. The molecule has 0 radical (unpaired) electrons. The zero-order valence-electron chi connectivity index (χ0n) is 11.2. The topological polar surface area (TPSA) is 65.8 Å². The molecule has 1 amide bonds. The Morgan fingerprint density at radius 2 is 2.24 bits per heavy atom. The number of pyridine rings is 1. The maximum atomic E-state index is 12.1. The van der Waals surface area contributed by atoms with Gasteiger partial charge in [-0.1, -0.05) is 17.8 Å². The largest absolute Gasteiger partial charge is 0.325 e. The highest BCUT2D eigenvalue weighted by Gasteiger charge is 2.15. The van der Waals surface area contributed by atoms with Crippen molar-refractivity contribution in [1.29, 1.82) is 5.26 Å². The second-order valence-electron chi connectivity index (χ2n) is 4.26. The first-order valence-corrected chi connectivity index (χ1v) is 7.85. The molecule has 4 nitrogen and oxygen atoms in total. The van der Waals surface area contributed by atoms with E-state index < -0.39 is 0 Å². The van der Waals surface area contributed by atoms with Gasteiger partial charge in [-0.25, -0.2) is 4.98 Å². The number of halogens is 1. The highest BCUT2D eigenvalue weighted by molar-refractivity contribution is 9.10. The van der Waals surface area contributed by atoms with Crippen LogP contribution in [0.5, 0.6) is 0 Å². The number of hydrogen-bond acceptors (Lipinski definition) is 4. The average molecular weight is 362 g/mol. The van der Waals surface area contributed by atoms with Gasteiger partial charge in [0.2, 0.25) is 5.91 Å². The van der Waals surface area contributed by atoms with E-state index in [1.54, 1.807) is 30.5 Å². The Bertz CT molecular complexity index is 682. The molecule has 1 aromatic carbocycles. The molecule has 6 heteroatoms. The van der Waals surface area contributed by atoms with Gasteiger partial charge in [0.25, 0.3) is 0 Å². The molecule has 0 aliphatic carbocycles. The van der Waals surface area contributed by atoms with Crippen LogP contribution in [0.15, 0.2) is 52.1 Å². The number of amides is 1. The summed E-state index contributed by atoms with van der Waals surface area (Å²) in [5.41, 5.74) is 1.14. The van der Waals surface area contributed by atoms with Crippen LogP contribution in [0, 0.1) is 11.3 Å². The number of nitriles is 1. The molecule has 2 rings (SSSR count). The van der Waals surface area contributed by atoms with Gasteiger partial charge in [0.05, 0.1) is 21.9 Å². The summed E-state index contributed by atoms with van der Waals surface area (Å²) in [7, 11) is 0. The van der Waals surface area contributed by atoms with Crippen LogP contribution in [-0.2, 0) is 4.79 Å². The van der Waals surface area contributed by atoms with E-state index in [-0.39, 0.29) is 11.2 Å². The molecular weight excluding hydrogens is 350 g/mol. The minimum atomic E-state index is -0.288. The van der Waals surface area contributed by atoms with E-state index in [2.05, 4.69) is 26.2 Å². The Kier molecular flexibility index (Phi) is 5.37. The summed E-state index contributed by atoms with van der Waals surface area (Å²) < 4.78 is 0.900. The summed E-state index contributed by atoms with van der Waals surface area (Å²) >= 11 is 4.70. The van der Waals surface area contributed by atoms with Gasteiger partial charge >= 0.3 is 0 Å². The van der Waals surface area contributed by atoms with E-state index in [1.165, 1.54) is 11.8 Å². The van der Waals surface area contributed by atoms with Crippen molar-refractivity contribution in [2.45, 2.75) is 17.2 Å². The smallest absolute Gasteiger partial charge is 0.237 e. The Balaban J connectivity index is 1.99. The number of aromatic nitrogens is 1. The van der Waals surface area contributed by atoms with Gasteiger partial charge < -0.3 is 5.32 Å². The maximum Gasteiger partial charge on any atom is 0.237 e. The molecule has 1 aromatic heterocycles. The van der Waals surface area contributed by atoms with E-state index in [1.807, 2.05) is 25.1 Å². The van der Waals surface area contributed by atoms with Crippen LogP contribution in [0.3, 0.4) is 0 Å². The number of thioether (sulfide) groups is 1. The van der Waals surface area contributed by atoms with Gasteiger partial charge in [-0.3, -0.25) is 4.79 Å². The molecule has 21 heavy (non-hydrogen) atoms. The lowest BCUT2D eigenvalue weighted by Crippen LogP contribution is -2.22. The maximum absolute atomic E-state index is 12.1. The molecule has 0 aliphatic heterocycles. The Labute approximate surface area is 135 Å². The number of nitrogens with zero attached hydrogens (tertiary/aromatic N) is 2. The fourth-order valence-corrected chi connectivity index (χ4v) is 2.60. The predicted molar refractivity (Wildman–Crippen MR) is 87.0 cm³/mol. The summed E-state index contributed by atoms with van der Waals surface area (Å²) in [5.74, 6) is -0.125. The van der Waals surface area contributed by atoms with Gasteiger partial charge in [0.1, 0.15) is 0 Å². The highest BCUT2D eigenvalue weighted by atomic mass is 79.9. The van der Waals surface area contributed by atoms with Crippen LogP contribution < -0.4 is 5.32 Å². The Morgan fingerprint density at radius 1 is 1.43 bits per heavy atom. The van der Waals surface area contributed by atoms with Gasteiger partial charge in [-0.05, 0) is 53.2 Å². The molecule has 1 atom stereocenters. The number of rotatable bonds is 4. The molecule has 1 N–H and O–H groups in total. The van der Waals surface area contributed by atoms with E-state index in [0.717, 1.165) is 9.50 Å². The van der Waals surface area contributed by atoms with Crippen LogP contribution in [0.2, 0.25) is 0 Å². The summed E-state index contributed by atoms with van der Waals surface area (Å²) in [4.78, 5) is 16.4. The van der Waals surface area contributed by atoms with Crippen molar-refractivity contribution >= 4 is 39.3 Å². The van der Waals surface area contributed by atoms with Crippen LogP contribution in [0.1, 0.15) is 12.5 Å². The van der Waals surface area contributed by atoms with Crippen molar-refractivity contribution in [3.8, 4) is 6.07 Å². The van der Waals surface area contributed by atoms with Crippen molar-refractivity contribution in [3.05, 3.63) is 52.6 Å². The van der Waals surface area contributed by atoms with Crippen LogP contribution in [0.4, 0.5) is 5.69 Å². The lowest BCUT2D eigenvalue weighted by atomic mass is 10.2. The number of carbonyl (C=O) groups excluding carboxylic acids is 1. The van der Waals surface area contributed by atoms with Crippen molar-refractivity contribution in [3.63, 3.8) is 0 Å². The SMILES string of the molecule is CC(Sc1ccc(Br)cn1)C(=O)Nc1cccc(C#N)c1. The molecular formula is C15H12BrN3OS. The summed E-state index contributed by atoms with van der Waals surface area (Å²) in [6.45, 7) is 1.82. The third kappa shape index (κ3) is 4.59. The minimum absolute atomic E-state index is 0.125. The quantitative estimate of drug-likeness (QED) is 0.840. The number of benzene rings is 1. The molecule has 106 valence electrons. The third-order valence-corrected chi connectivity index (χ3v) is 4.15. The van der Waals surface area contributed by atoms with Gasteiger partial charge in [0, 0.05) is 16.4 Å². The lowest BCUT2D eigenvalue weighted by molar-refractivity contribution is -0.115. The van der Waals surface area contributed by atoms with Gasteiger partial charge in [-0.15, -0.1) is 0 Å². The highest BCUT2D eigenvalue weighted by Crippen LogP contribution is 2.23. The Morgan fingerprint density at radius 3 is 2.90 bits per heavy atom. The van der Waals surface area contributed by atoms with E-state index in [0.29, 0.717) is 11.3 Å². The van der Waals surface area contributed by atoms with E-state index in [4.69, 9.17) is 5.26 Å². The number of nitrogens with one attached hydrogen (secondary N) is 1. The molecule has 0 saturated carbocycles. The summed E-state index contributed by atoms with van der Waals surface area (Å²) in [6, 6.07) is 12.6. The standard InChI is InChI=1S/C15H12BrN3OS/c1-10(21-14-6-5-12(16)9-18-14)15(20)19-13-4-2-3-11(7-13)8-17/h2-7,9-10H,1H3,(H,19,20). The van der Waals surface area contributed by atoms with Gasteiger partial charge in [0.15, 0.2) is 0 Å². The monoisotopic (exact) mass is 361 g/mol. The van der Waals surface area contributed by atoms with Crippen LogP contribution in [-0.4, -0.2) is 16.1 Å². The molecule has 1 unspecified atom stereocenters. The second-order valence-corrected chi connectivity index (χ2v) is 6.53. The number of hydrogen-bond donors (Lipinski definition) is 1. The summed E-state index contributed by atoms with van der Waals surface area (Å²) in [5, 5.41) is 12.1. The third-order valence-electron chi connectivity index (χ3n) is 2.63. The first kappa shape index (κ1) is 15.5. The van der Waals surface area contributed by atoms with Crippen molar-refractivity contribution in [2.24, 2.45) is 0 Å². The van der Waals surface area contributed by atoms with Crippen LogP contribution >= 0.6 is 27.7 Å². The van der Waals surface area contributed by atoms with E-state index in [9.17, 15) is 4.79 Å². The molecule has 0 bridgehead atoms. The zero-order chi connectivity index (χ0) is 15.2. The number of carbonyl (C=O) groups is 1. The first-order valence-electron chi connectivity index (χ1n) is 6.18. The lowest BCUT2D eigenvalue weighted by Gasteiger charge is -2.11. The molecule has 0 spiro atoms. The fourth-order valence-electron chi connectivity index (χ4n) is 1.58.